The second-order valence-corrected chi connectivity index (χ2v) is 5.25. The average molecular weight is 326 g/mol. The van der Waals surface area contributed by atoms with Crippen LogP contribution in [0.3, 0.4) is 0 Å². The van der Waals surface area contributed by atoms with Gasteiger partial charge in [-0.1, -0.05) is 23.2 Å². The van der Waals surface area contributed by atoms with E-state index in [2.05, 4.69) is 20.7 Å². The molecule has 1 aliphatic rings. The molecular weight excluding hydrogens is 317 g/mol. The summed E-state index contributed by atoms with van der Waals surface area (Å²) in [5.41, 5.74) is 0.434. The number of benzene rings is 1. The highest BCUT2D eigenvalue weighted by atomic mass is 35.5. The summed E-state index contributed by atoms with van der Waals surface area (Å²) in [4.78, 5) is 27.7. The smallest absolute Gasteiger partial charge is 0.252 e. The maximum absolute atomic E-state index is 12.0. The van der Waals surface area contributed by atoms with Gasteiger partial charge < -0.3 is 5.32 Å². The van der Waals surface area contributed by atoms with Gasteiger partial charge in [-0.15, -0.1) is 0 Å². The molecule has 1 aliphatic heterocycles. The molecule has 2 aromatic rings. The number of hydrogen-bond acceptors (Lipinski definition) is 4. The lowest BCUT2D eigenvalue weighted by atomic mass is 10.2. The molecule has 2 heterocycles. The van der Waals surface area contributed by atoms with Crippen molar-refractivity contribution in [2.45, 2.75) is 12.5 Å². The van der Waals surface area contributed by atoms with Crippen molar-refractivity contribution in [3.05, 3.63) is 34.6 Å². The number of fused-ring (bicyclic) bond motifs is 1. The molecule has 0 fully saturated rings. The van der Waals surface area contributed by atoms with Crippen LogP contribution in [-0.2, 0) is 9.59 Å². The van der Waals surface area contributed by atoms with Crippen molar-refractivity contribution in [1.29, 1.82) is 0 Å². The van der Waals surface area contributed by atoms with Crippen LogP contribution in [0.15, 0.2) is 24.5 Å². The Hall–Kier alpha value is -2.12. The van der Waals surface area contributed by atoms with E-state index in [0.717, 1.165) is 0 Å². The molecule has 1 atom stereocenters. The van der Waals surface area contributed by atoms with Gasteiger partial charge in [0.25, 0.3) is 5.91 Å². The molecule has 108 valence electrons. The number of nitrogens with zero attached hydrogens (tertiary/aromatic N) is 3. The molecule has 0 unspecified atom stereocenters. The van der Waals surface area contributed by atoms with E-state index in [4.69, 9.17) is 23.2 Å². The maximum atomic E-state index is 12.0. The van der Waals surface area contributed by atoms with E-state index >= 15 is 0 Å². The molecule has 3 rings (SSSR count). The third kappa shape index (κ3) is 2.70. The topological polar surface area (TPSA) is 88.9 Å². The first kappa shape index (κ1) is 13.8. The van der Waals surface area contributed by atoms with Crippen LogP contribution in [0.25, 0.3) is 0 Å². The Morgan fingerprint density at radius 2 is 2.24 bits per heavy atom. The fraction of sp³-hybridized carbons (Fsp3) is 0.167. The summed E-state index contributed by atoms with van der Waals surface area (Å²) in [5, 5.41) is 9.90. The number of carbonyl (C=O) groups is 2. The highest BCUT2D eigenvalue weighted by molar-refractivity contribution is 6.36. The standard InChI is InChI=1S/C12H9Cl2N5O2/c13-6-1-2-8(7(14)3-6)17-10(20)4-9-11(21)18-12-15-5-16-19(9)12/h1-3,5,9H,4H2,(H,17,20)(H,15,16,18,21)/t9-/m0/s1. The second kappa shape index (κ2) is 5.34. The van der Waals surface area contributed by atoms with E-state index in [-0.39, 0.29) is 18.2 Å². The second-order valence-electron chi connectivity index (χ2n) is 4.41. The van der Waals surface area contributed by atoms with Crippen LogP contribution in [0.4, 0.5) is 11.6 Å². The highest BCUT2D eigenvalue weighted by Gasteiger charge is 2.33. The fourth-order valence-electron chi connectivity index (χ4n) is 2.02. The van der Waals surface area contributed by atoms with Crippen molar-refractivity contribution in [3.63, 3.8) is 0 Å². The zero-order valence-electron chi connectivity index (χ0n) is 10.5. The number of anilines is 2. The minimum Gasteiger partial charge on any atom is -0.325 e. The average Bonchev–Trinajstić information content (AvgIpc) is 2.96. The van der Waals surface area contributed by atoms with Gasteiger partial charge in [0.05, 0.1) is 17.1 Å². The summed E-state index contributed by atoms with van der Waals surface area (Å²) in [6.45, 7) is 0. The summed E-state index contributed by atoms with van der Waals surface area (Å²) in [7, 11) is 0. The van der Waals surface area contributed by atoms with Gasteiger partial charge in [0.15, 0.2) is 0 Å². The Kier molecular flexibility index (Phi) is 3.52. The normalized spacial score (nSPS) is 16.5. The lowest BCUT2D eigenvalue weighted by Crippen LogP contribution is -2.23. The number of amides is 2. The lowest BCUT2D eigenvalue weighted by Gasteiger charge is -2.10. The first-order valence-corrected chi connectivity index (χ1v) is 6.75. The third-order valence-electron chi connectivity index (χ3n) is 2.99. The molecule has 2 amide bonds. The van der Waals surface area contributed by atoms with Crippen molar-refractivity contribution >= 4 is 46.7 Å². The molecule has 9 heteroatoms. The van der Waals surface area contributed by atoms with E-state index in [9.17, 15) is 9.59 Å². The highest BCUT2D eigenvalue weighted by Crippen LogP contribution is 2.27. The van der Waals surface area contributed by atoms with Crippen molar-refractivity contribution in [3.8, 4) is 0 Å². The molecule has 1 aromatic heterocycles. The van der Waals surface area contributed by atoms with Crippen LogP contribution < -0.4 is 10.6 Å². The van der Waals surface area contributed by atoms with Crippen molar-refractivity contribution in [2.24, 2.45) is 0 Å². The van der Waals surface area contributed by atoms with E-state index < -0.39 is 6.04 Å². The predicted octanol–water partition coefficient (Wildman–Crippen LogP) is 2.11. The van der Waals surface area contributed by atoms with Gasteiger partial charge in [-0.05, 0) is 18.2 Å². The molecule has 0 bridgehead atoms. The van der Waals surface area contributed by atoms with Gasteiger partial charge >= 0.3 is 0 Å². The number of aromatic nitrogens is 3. The number of rotatable bonds is 3. The molecule has 0 spiro atoms. The molecular formula is C12H9Cl2N5O2. The van der Waals surface area contributed by atoms with Crippen molar-refractivity contribution in [1.82, 2.24) is 14.8 Å². The van der Waals surface area contributed by atoms with E-state index in [1.807, 2.05) is 0 Å². The molecule has 7 nitrogen and oxygen atoms in total. The molecule has 2 N–H and O–H groups in total. The zero-order chi connectivity index (χ0) is 15.0. The largest absolute Gasteiger partial charge is 0.325 e. The van der Waals surface area contributed by atoms with Gasteiger partial charge in [-0.2, -0.15) is 10.1 Å². The van der Waals surface area contributed by atoms with Gasteiger partial charge in [-0.25, -0.2) is 4.68 Å². The number of nitrogens with one attached hydrogen (secondary N) is 2. The van der Waals surface area contributed by atoms with Gasteiger partial charge in [-0.3, -0.25) is 14.9 Å². The monoisotopic (exact) mass is 325 g/mol. The zero-order valence-corrected chi connectivity index (χ0v) is 12.0. The molecule has 0 aliphatic carbocycles. The molecule has 0 saturated carbocycles. The Morgan fingerprint density at radius 3 is 3.00 bits per heavy atom. The van der Waals surface area contributed by atoms with E-state index in [1.54, 1.807) is 12.1 Å². The quantitative estimate of drug-likeness (QED) is 0.904. The van der Waals surface area contributed by atoms with Crippen LogP contribution in [0.2, 0.25) is 10.0 Å². The number of hydrogen-bond donors (Lipinski definition) is 2. The summed E-state index contributed by atoms with van der Waals surface area (Å²) in [6, 6.07) is 4.02. The maximum Gasteiger partial charge on any atom is 0.252 e. The first-order valence-electron chi connectivity index (χ1n) is 6.00. The molecule has 0 saturated heterocycles. The summed E-state index contributed by atoms with van der Waals surface area (Å²) < 4.78 is 1.38. The van der Waals surface area contributed by atoms with Crippen LogP contribution in [-0.4, -0.2) is 26.6 Å². The summed E-state index contributed by atoms with van der Waals surface area (Å²) >= 11 is 11.8. The van der Waals surface area contributed by atoms with Crippen LogP contribution >= 0.6 is 23.2 Å². The van der Waals surface area contributed by atoms with Crippen LogP contribution in [0.5, 0.6) is 0 Å². The number of carbonyl (C=O) groups excluding carboxylic acids is 2. The van der Waals surface area contributed by atoms with Crippen LogP contribution in [0, 0.1) is 0 Å². The van der Waals surface area contributed by atoms with E-state index in [1.165, 1.54) is 17.1 Å². The Morgan fingerprint density at radius 1 is 1.43 bits per heavy atom. The minimum absolute atomic E-state index is 0.0683. The molecule has 0 radical (unpaired) electrons. The minimum atomic E-state index is -0.714. The summed E-state index contributed by atoms with van der Waals surface area (Å²) in [6.07, 6.45) is 1.25. The van der Waals surface area contributed by atoms with E-state index in [0.29, 0.717) is 21.7 Å². The van der Waals surface area contributed by atoms with Crippen LogP contribution in [0.1, 0.15) is 12.5 Å². The van der Waals surface area contributed by atoms with Gasteiger partial charge in [0.1, 0.15) is 12.4 Å². The van der Waals surface area contributed by atoms with Gasteiger partial charge in [0, 0.05) is 5.02 Å². The SMILES string of the molecule is O=C(C[C@H]1C(=O)Nc2ncnn21)Nc1ccc(Cl)cc1Cl. The number of halogens is 2. The first-order chi connectivity index (χ1) is 10.0. The Labute approximate surface area is 129 Å². The summed E-state index contributed by atoms with van der Waals surface area (Å²) in [5.74, 6) is -0.340. The van der Waals surface area contributed by atoms with Gasteiger partial charge in [0.2, 0.25) is 11.9 Å². The molecule has 21 heavy (non-hydrogen) atoms. The third-order valence-corrected chi connectivity index (χ3v) is 3.54. The predicted molar refractivity (Wildman–Crippen MR) is 77.4 cm³/mol. The van der Waals surface area contributed by atoms with Crippen molar-refractivity contribution in [2.75, 3.05) is 10.6 Å². The lowest BCUT2D eigenvalue weighted by molar-refractivity contribution is -0.123. The Bertz CT molecular complexity index is 730. The van der Waals surface area contributed by atoms with Crippen molar-refractivity contribution < 1.29 is 9.59 Å². The fourth-order valence-corrected chi connectivity index (χ4v) is 2.47. The molecule has 1 aromatic carbocycles. The Balaban J connectivity index is 1.71.